The standard InChI is InChI=1S/C14H32NO.CH4O/c1-4-5-6-7-8-9-12-15(2,3)13-10-11-14-16;1-2/h16H,4-14H2,1-3H3;2H,1H3/q+1;. The van der Waals surface area contributed by atoms with Crippen molar-refractivity contribution < 1.29 is 14.7 Å². The Bertz CT molecular complexity index is 149. The van der Waals surface area contributed by atoms with Crippen LogP contribution in [0.2, 0.25) is 0 Å². The Hall–Kier alpha value is -0.120. The van der Waals surface area contributed by atoms with Crippen molar-refractivity contribution in [1.29, 1.82) is 0 Å². The molecule has 0 aliphatic carbocycles. The Balaban J connectivity index is 0. The second-order valence-electron chi connectivity index (χ2n) is 5.58. The van der Waals surface area contributed by atoms with Gasteiger partial charge >= 0.3 is 0 Å². The van der Waals surface area contributed by atoms with Crippen molar-refractivity contribution in [1.82, 2.24) is 0 Å². The molecule has 3 nitrogen and oxygen atoms in total. The molecule has 0 spiro atoms. The van der Waals surface area contributed by atoms with E-state index in [4.69, 9.17) is 10.2 Å². The highest BCUT2D eigenvalue weighted by Gasteiger charge is 2.13. The third-order valence-electron chi connectivity index (χ3n) is 3.29. The van der Waals surface area contributed by atoms with Gasteiger partial charge in [0.2, 0.25) is 0 Å². The van der Waals surface area contributed by atoms with Crippen LogP contribution in [0.15, 0.2) is 0 Å². The normalized spacial score (nSPS) is 11.0. The molecule has 112 valence electrons. The molecule has 0 saturated heterocycles. The lowest BCUT2D eigenvalue weighted by Crippen LogP contribution is -2.41. The molecule has 0 saturated carbocycles. The minimum atomic E-state index is 0.344. The lowest BCUT2D eigenvalue weighted by Gasteiger charge is -2.29. The van der Waals surface area contributed by atoms with Gasteiger partial charge in [-0.1, -0.05) is 32.6 Å². The summed E-state index contributed by atoms with van der Waals surface area (Å²) in [5.74, 6) is 0. The maximum absolute atomic E-state index is 8.75. The summed E-state index contributed by atoms with van der Waals surface area (Å²) in [5.41, 5.74) is 0. The molecule has 0 rings (SSSR count). The summed E-state index contributed by atoms with van der Waals surface area (Å²) < 4.78 is 1.12. The van der Waals surface area contributed by atoms with E-state index in [2.05, 4.69) is 21.0 Å². The van der Waals surface area contributed by atoms with Crippen molar-refractivity contribution in [3.63, 3.8) is 0 Å². The first-order valence-electron chi connectivity index (χ1n) is 7.50. The fraction of sp³-hybridized carbons (Fsp3) is 1.00. The van der Waals surface area contributed by atoms with Crippen LogP contribution >= 0.6 is 0 Å². The van der Waals surface area contributed by atoms with E-state index in [-0.39, 0.29) is 0 Å². The molecular formula is C15H36NO2+. The summed E-state index contributed by atoms with van der Waals surface area (Å²) in [6, 6.07) is 0. The van der Waals surface area contributed by atoms with Gasteiger partial charge in [0.25, 0.3) is 0 Å². The van der Waals surface area contributed by atoms with Crippen LogP contribution in [-0.2, 0) is 0 Å². The SMILES string of the molecule is CCCCCCCC[N+](C)(C)CCCCO.CO. The van der Waals surface area contributed by atoms with Gasteiger partial charge in [-0.25, -0.2) is 0 Å². The summed E-state index contributed by atoms with van der Waals surface area (Å²) in [4.78, 5) is 0. The lowest BCUT2D eigenvalue weighted by atomic mass is 10.1. The number of hydrogen-bond donors (Lipinski definition) is 2. The zero-order valence-electron chi connectivity index (χ0n) is 13.1. The third-order valence-corrected chi connectivity index (χ3v) is 3.29. The average molecular weight is 262 g/mol. The predicted molar refractivity (Wildman–Crippen MR) is 79.7 cm³/mol. The minimum Gasteiger partial charge on any atom is -0.400 e. The van der Waals surface area contributed by atoms with Crippen LogP contribution < -0.4 is 0 Å². The fourth-order valence-corrected chi connectivity index (χ4v) is 2.08. The zero-order valence-corrected chi connectivity index (χ0v) is 13.1. The Morgan fingerprint density at radius 3 is 1.67 bits per heavy atom. The van der Waals surface area contributed by atoms with Crippen LogP contribution in [0.1, 0.15) is 58.3 Å². The van der Waals surface area contributed by atoms with Gasteiger partial charge in [-0.05, 0) is 25.7 Å². The number of rotatable bonds is 11. The largest absolute Gasteiger partial charge is 0.400 e. The van der Waals surface area contributed by atoms with Gasteiger partial charge in [-0.15, -0.1) is 0 Å². The molecule has 0 aromatic heterocycles. The first-order valence-corrected chi connectivity index (χ1v) is 7.50. The molecule has 0 radical (unpaired) electrons. The van der Waals surface area contributed by atoms with Crippen molar-refractivity contribution in [3.8, 4) is 0 Å². The summed E-state index contributed by atoms with van der Waals surface area (Å²) in [6.07, 6.45) is 10.4. The molecule has 0 atom stereocenters. The Morgan fingerprint density at radius 2 is 1.17 bits per heavy atom. The number of quaternary nitrogens is 1. The molecule has 0 aliphatic heterocycles. The van der Waals surface area contributed by atoms with E-state index in [1.807, 2.05) is 0 Å². The Morgan fingerprint density at radius 1 is 0.722 bits per heavy atom. The van der Waals surface area contributed by atoms with Crippen molar-refractivity contribution in [2.75, 3.05) is 40.9 Å². The highest BCUT2D eigenvalue weighted by molar-refractivity contribution is 4.45. The maximum atomic E-state index is 8.75. The number of unbranched alkanes of at least 4 members (excludes halogenated alkanes) is 6. The highest BCUT2D eigenvalue weighted by atomic mass is 16.3. The van der Waals surface area contributed by atoms with Gasteiger partial charge < -0.3 is 14.7 Å². The van der Waals surface area contributed by atoms with E-state index < -0.39 is 0 Å². The van der Waals surface area contributed by atoms with Crippen LogP contribution in [0.4, 0.5) is 0 Å². The summed E-state index contributed by atoms with van der Waals surface area (Å²) in [7, 11) is 5.62. The Labute approximate surface area is 114 Å². The van der Waals surface area contributed by atoms with Crippen LogP contribution in [0, 0.1) is 0 Å². The highest BCUT2D eigenvalue weighted by Crippen LogP contribution is 2.09. The van der Waals surface area contributed by atoms with E-state index in [1.54, 1.807) is 0 Å². The van der Waals surface area contributed by atoms with E-state index >= 15 is 0 Å². The molecule has 0 aliphatic rings. The predicted octanol–water partition coefficient (Wildman–Crippen LogP) is 2.80. The van der Waals surface area contributed by atoms with Crippen LogP contribution in [0.25, 0.3) is 0 Å². The molecule has 0 aromatic rings. The fourth-order valence-electron chi connectivity index (χ4n) is 2.08. The number of nitrogens with zero attached hydrogens (tertiary/aromatic N) is 1. The molecule has 2 N–H and O–H groups in total. The molecule has 3 heteroatoms. The molecule has 0 bridgehead atoms. The quantitative estimate of drug-likeness (QED) is 0.444. The number of hydrogen-bond acceptors (Lipinski definition) is 2. The second-order valence-corrected chi connectivity index (χ2v) is 5.58. The van der Waals surface area contributed by atoms with E-state index in [9.17, 15) is 0 Å². The van der Waals surface area contributed by atoms with Crippen molar-refractivity contribution >= 4 is 0 Å². The van der Waals surface area contributed by atoms with E-state index in [1.165, 1.54) is 51.6 Å². The smallest absolute Gasteiger partial charge is 0.0783 e. The molecule has 0 amide bonds. The van der Waals surface area contributed by atoms with Gasteiger partial charge in [-0.2, -0.15) is 0 Å². The zero-order chi connectivity index (χ0) is 14.3. The maximum Gasteiger partial charge on any atom is 0.0783 e. The number of aliphatic hydroxyl groups is 2. The van der Waals surface area contributed by atoms with Crippen molar-refractivity contribution in [3.05, 3.63) is 0 Å². The van der Waals surface area contributed by atoms with E-state index in [0.717, 1.165) is 24.4 Å². The molecule has 0 fully saturated rings. The lowest BCUT2D eigenvalue weighted by molar-refractivity contribution is -0.890. The van der Waals surface area contributed by atoms with Crippen LogP contribution in [0.3, 0.4) is 0 Å². The number of aliphatic hydroxyl groups excluding tert-OH is 2. The van der Waals surface area contributed by atoms with Crippen molar-refractivity contribution in [2.24, 2.45) is 0 Å². The minimum absolute atomic E-state index is 0.344. The average Bonchev–Trinajstić information content (AvgIpc) is 2.36. The van der Waals surface area contributed by atoms with Crippen LogP contribution in [-0.4, -0.2) is 55.6 Å². The first kappa shape index (κ1) is 20.2. The van der Waals surface area contributed by atoms with Gasteiger partial charge in [0.1, 0.15) is 0 Å². The molecule has 0 heterocycles. The molecule has 0 aromatic carbocycles. The molecular weight excluding hydrogens is 226 g/mol. The second kappa shape index (κ2) is 14.9. The van der Waals surface area contributed by atoms with Gasteiger partial charge in [0.15, 0.2) is 0 Å². The van der Waals surface area contributed by atoms with E-state index in [0.29, 0.717) is 6.61 Å². The van der Waals surface area contributed by atoms with Gasteiger partial charge in [0, 0.05) is 13.7 Å². The van der Waals surface area contributed by atoms with Gasteiger partial charge in [-0.3, -0.25) is 0 Å². The molecule has 0 unspecified atom stereocenters. The monoisotopic (exact) mass is 262 g/mol. The van der Waals surface area contributed by atoms with Gasteiger partial charge in [0.05, 0.1) is 27.2 Å². The molecule has 18 heavy (non-hydrogen) atoms. The summed E-state index contributed by atoms with van der Waals surface area (Å²) >= 11 is 0. The van der Waals surface area contributed by atoms with Crippen LogP contribution in [0.5, 0.6) is 0 Å². The first-order chi connectivity index (χ1) is 8.62. The summed E-state index contributed by atoms with van der Waals surface area (Å²) in [6.45, 7) is 5.10. The summed E-state index contributed by atoms with van der Waals surface area (Å²) in [5, 5.41) is 15.8. The topological polar surface area (TPSA) is 40.5 Å². The van der Waals surface area contributed by atoms with Crippen molar-refractivity contribution in [2.45, 2.75) is 58.3 Å². The third kappa shape index (κ3) is 15.9. The Kier molecular flexibility index (Phi) is 16.8.